The van der Waals surface area contributed by atoms with Crippen molar-refractivity contribution in [2.24, 2.45) is 0 Å². The second-order valence-electron chi connectivity index (χ2n) is 6.89. The molecule has 0 bridgehead atoms. The van der Waals surface area contributed by atoms with E-state index in [1.807, 2.05) is 0 Å². The average Bonchev–Trinajstić information content (AvgIpc) is 3.08. The molecule has 0 spiro atoms. The molecule has 1 N–H and O–H groups in total. The maximum Gasteiger partial charge on any atom is 0.243 e. The van der Waals surface area contributed by atoms with Crippen molar-refractivity contribution >= 4 is 10.0 Å². The highest BCUT2D eigenvalue weighted by molar-refractivity contribution is 7.89. The number of nitrogens with zero attached hydrogens (tertiary/aromatic N) is 4. The number of hydrogen-bond acceptors (Lipinski definition) is 5. The zero-order valence-corrected chi connectivity index (χ0v) is 15.5. The van der Waals surface area contributed by atoms with Crippen LogP contribution >= 0.6 is 0 Å². The summed E-state index contributed by atoms with van der Waals surface area (Å²) in [6.07, 6.45) is 1.39. The monoisotopic (exact) mass is 379 g/mol. The maximum absolute atomic E-state index is 13.8. The first-order valence-corrected chi connectivity index (χ1v) is 10.3. The summed E-state index contributed by atoms with van der Waals surface area (Å²) in [5, 5.41) is 11.9. The van der Waals surface area contributed by atoms with Crippen molar-refractivity contribution in [2.45, 2.75) is 43.7 Å². The molecule has 1 saturated heterocycles. The lowest BCUT2D eigenvalue weighted by Crippen LogP contribution is -2.39. The molecule has 2 aliphatic rings. The molecular formula is C17H22FN5O2S. The molecule has 1 aromatic heterocycles. The van der Waals surface area contributed by atoms with Gasteiger partial charge in [0.25, 0.3) is 0 Å². The highest BCUT2D eigenvalue weighted by atomic mass is 32.2. The highest BCUT2D eigenvalue weighted by Crippen LogP contribution is 2.30. The van der Waals surface area contributed by atoms with Gasteiger partial charge < -0.3 is 9.88 Å². The molecule has 0 amide bonds. The first kappa shape index (κ1) is 17.6. The number of rotatable bonds is 3. The summed E-state index contributed by atoms with van der Waals surface area (Å²) in [5.74, 6) is 1.61. The van der Waals surface area contributed by atoms with Gasteiger partial charge in [0.15, 0.2) is 0 Å². The van der Waals surface area contributed by atoms with Gasteiger partial charge in [-0.05, 0) is 37.5 Å². The summed E-state index contributed by atoms with van der Waals surface area (Å²) in [5.41, 5.74) is 0.439. The first-order valence-electron chi connectivity index (χ1n) is 8.86. The summed E-state index contributed by atoms with van der Waals surface area (Å²) in [7, 11) is -3.67. The van der Waals surface area contributed by atoms with Crippen LogP contribution in [0.5, 0.6) is 0 Å². The van der Waals surface area contributed by atoms with Gasteiger partial charge in [-0.15, -0.1) is 10.2 Å². The molecule has 140 valence electrons. The number of aromatic nitrogens is 3. The van der Waals surface area contributed by atoms with Crippen molar-refractivity contribution in [1.82, 2.24) is 24.4 Å². The van der Waals surface area contributed by atoms with Crippen molar-refractivity contribution in [3.8, 4) is 0 Å². The molecule has 1 aromatic carbocycles. The van der Waals surface area contributed by atoms with Crippen molar-refractivity contribution < 1.29 is 12.8 Å². The van der Waals surface area contributed by atoms with Crippen LogP contribution < -0.4 is 5.32 Å². The molecule has 2 aromatic rings. The number of benzene rings is 1. The summed E-state index contributed by atoms with van der Waals surface area (Å²) in [4.78, 5) is 0.0185. The van der Waals surface area contributed by atoms with E-state index >= 15 is 0 Å². The van der Waals surface area contributed by atoms with Gasteiger partial charge in [-0.25, -0.2) is 12.8 Å². The number of piperidine rings is 1. The van der Waals surface area contributed by atoms with Crippen LogP contribution in [-0.2, 0) is 23.1 Å². The Hall–Kier alpha value is -1.84. The van der Waals surface area contributed by atoms with Crippen LogP contribution in [0, 0.1) is 12.7 Å². The number of halogens is 1. The van der Waals surface area contributed by atoms with Crippen LogP contribution in [0.15, 0.2) is 23.1 Å². The zero-order valence-electron chi connectivity index (χ0n) is 14.7. The van der Waals surface area contributed by atoms with Crippen molar-refractivity contribution in [3.63, 3.8) is 0 Å². The molecule has 0 aliphatic carbocycles. The Balaban J connectivity index is 1.49. The number of fused-ring (bicyclic) bond motifs is 1. The fourth-order valence-electron chi connectivity index (χ4n) is 3.65. The quantitative estimate of drug-likeness (QED) is 0.872. The average molecular weight is 379 g/mol. The lowest BCUT2D eigenvalue weighted by Gasteiger charge is -2.31. The van der Waals surface area contributed by atoms with E-state index in [1.54, 1.807) is 6.92 Å². The third-order valence-corrected chi connectivity index (χ3v) is 7.15. The highest BCUT2D eigenvalue weighted by Gasteiger charge is 2.32. The predicted molar refractivity (Wildman–Crippen MR) is 93.6 cm³/mol. The van der Waals surface area contributed by atoms with Crippen LogP contribution in [0.25, 0.3) is 0 Å². The summed E-state index contributed by atoms with van der Waals surface area (Å²) < 4.78 is 43.0. The van der Waals surface area contributed by atoms with E-state index < -0.39 is 15.8 Å². The van der Waals surface area contributed by atoms with Gasteiger partial charge >= 0.3 is 0 Å². The van der Waals surface area contributed by atoms with Gasteiger partial charge in [0.2, 0.25) is 10.0 Å². The fourth-order valence-corrected chi connectivity index (χ4v) is 5.14. The predicted octanol–water partition coefficient (Wildman–Crippen LogP) is 1.40. The molecule has 0 radical (unpaired) electrons. The van der Waals surface area contributed by atoms with Gasteiger partial charge in [-0.2, -0.15) is 4.31 Å². The summed E-state index contributed by atoms with van der Waals surface area (Å²) >= 11 is 0. The van der Waals surface area contributed by atoms with E-state index in [4.69, 9.17) is 0 Å². The molecule has 26 heavy (non-hydrogen) atoms. The van der Waals surface area contributed by atoms with Gasteiger partial charge in [0, 0.05) is 32.1 Å². The molecular weight excluding hydrogens is 357 g/mol. The Morgan fingerprint density at radius 3 is 2.69 bits per heavy atom. The zero-order chi connectivity index (χ0) is 18.3. The van der Waals surface area contributed by atoms with Gasteiger partial charge in [-0.1, -0.05) is 6.07 Å². The number of sulfonamides is 1. The molecule has 7 nitrogen and oxygen atoms in total. The van der Waals surface area contributed by atoms with E-state index in [-0.39, 0.29) is 10.8 Å². The Bertz CT molecular complexity index is 919. The molecule has 0 unspecified atom stereocenters. The second kappa shape index (κ2) is 6.71. The van der Waals surface area contributed by atoms with Crippen molar-refractivity contribution in [1.29, 1.82) is 0 Å². The van der Waals surface area contributed by atoms with Crippen LogP contribution in [0.4, 0.5) is 4.39 Å². The van der Waals surface area contributed by atoms with E-state index in [2.05, 4.69) is 20.1 Å². The molecule has 2 aliphatic heterocycles. The van der Waals surface area contributed by atoms with Gasteiger partial charge in [-0.3, -0.25) is 0 Å². The van der Waals surface area contributed by atoms with Gasteiger partial charge in [0.05, 0.1) is 11.4 Å². The minimum Gasteiger partial charge on any atom is -0.312 e. The normalized spacial score (nSPS) is 19.5. The van der Waals surface area contributed by atoms with E-state index in [0.717, 1.165) is 37.3 Å². The van der Waals surface area contributed by atoms with Crippen LogP contribution in [0.1, 0.15) is 36.0 Å². The van der Waals surface area contributed by atoms with Gasteiger partial charge in [0.1, 0.15) is 17.5 Å². The number of nitrogens with one attached hydrogen (secondary N) is 1. The lowest BCUT2D eigenvalue weighted by molar-refractivity contribution is 0.307. The second-order valence-corrected chi connectivity index (χ2v) is 8.83. The minimum absolute atomic E-state index is 0.0185. The van der Waals surface area contributed by atoms with Crippen LogP contribution in [0.3, 0.4) is 0 Å². The first-order chi connectivity index (χ1) is 12.5. The molecule has 0 saturated carbocycles. The number of hydrogen-bond donors (Lipinski definition) is 1. The smallest absolute Gasteiger partial charge is 0.243 e. The maximum atomic E-state index is 13.8. The number of aryl methyl sites for hydroxylation is 1. The third-order valence-electron chi connectivity index (χ3n) is 5.25. The standard InChI is InChI=1S/C17H22FN5O2S/c1-12-2-3-14(10-15(12)18)26(24,25)22-7-4-13(5-8-22)17-21-20-16-11-19-6-9-23(16)17/h2-3,10,13,19H,4-9,11H2,1H3. The molecule has 9 heteroatoms. The Morgan fingerprint density at radius 1 is 1.19 bits per heavy atom. The molecule has 4 rings (SSSR count). The molecule has 0 atom stereocenters. The van der Waals surface area contributed by atoms with E-state index in [1.165, 1.54) is 16.4 Å². The van der Waals surface area contributed by atoms with Crippen molar-refractivity contribution in [2.75, 3.05) is 19.6 Å². The Morgan fingerprint density at radius 2 is 1.96 bits per heavy atom. The van der Waals surface area contributed by atoms with Crippen molar-refractivity contribution in [3.05, 3.63) is 41.2 Å². The largest absolute Gasteiger partial charge is 0.312 e. The third kappa shape index (κ3) is 3.04. The SMILES string of the molecule is Cc1ccc(S(=O)(=O)N2CCC(c3nnc4n3CCNC4)CC2)cc1F. The lowest BCUT2D eigenvalue weighted by atomic mass is 9.97. The fraction of sp³-hybridized carbons (Fsp3) is 0.529. The van der Waals surface area contributed by atoms with E-state index in [9.17, 15) is 12.8 Å². The van der Waals surface area contributed by atoms with E-state index in [0.29, 0.717) is 31.5 Å². The topological polar surface area (TPSA) is 80.1 Å². The van der Waals surface area contributed by atoms with Crippen LogP contribution in [-0.4, -0.2) is 47.1 Å². The minimum atomic E-state index is -3.67. The molecule has 3 heterocycles. The Kier molecular flexibility index (Phi) is 4.54. The summed E-state index contributed by atoms with van der Waals surface area (Å²) in [6.45, 7) is 4.89. The summed E-state index contributed by atoms with van der Waals surface area (Å²) in [6, 6.07) is 4.09. The Labute approximate surface area is 152 Å². The van der Waals surface area contributed by atoms with Crippen LogP contribution in [0.2, 0.25) is 0 Å². The molecule has 1 fully saturated rings.